The molecule has 30 heavy (non-hydrogen) atoms. The first kappa shape index (κ1) is 18.8. The molecule has 2 aromatic carbocycles. The van der Waals surface area contributed by atoms with E-state index in [1.807, 2.05) is 36.4 Å². The van der Waals surface area contributed by atoms with Crippen molar-refractivity contribution in [2.24, 2.45) is 5.92 Å². The SMILES string of the molecule is N#Cc1ccc(-c2ccc([C@@H]3[C@@H](CO)N4C(=O)CN(C(=O)C5CC5)C[C@@H]34)cc2)cc1. The molecule has 3 aliphatic rings. The highest BCUT2D eigenvalue weighted by Gasteiger charge is 2.55. The summed E-state index contributed by atoms with van der Waals surface area (Å²) in [6.45, 7) is 0.590. The van der Waals surface area contributed by atoms with Gasteiger partial charge in [-0.05, 0) is 41.7 Å². The van der Waals surface area contributed by atoms with Crippen LogP contribution >= 0.6 is 0 Å². The standard InChI is InChI=1S/C24H23N3O3/c25-11-15-1-3-16(4-2-15)17-5-7-18(8-6-17)23-20-12-26(24(30)19-9-10-19)13-22(29)27(20)21(23)14-28/h1-8,19-21,23,28H,9-10,12-14H2/t20-,21+,23-/m0/s1. The van der Waals surface area contributed by atoms with Crippen molar-refractivity contribution in [2.75, 3.05) is 19.7 Å². The van der Waals surface area contributed by atoms with Crippen molar-refractivity contribution in [1.82, 2.24) is 9.80 Å². The van der Waals surface area contributed by atoms with Crippen molar-refractivity contribution in [3.63, 3.8) is 0 Å². The molecule has 1 aliphatic carbocycles. The zero-order valence-corrected chi connectivity index (χ0v) is 16.6. The molecule has 0 bridgehead atoms. The predicted octanol–water partition coefficient (Wildman–Crippen LogP) is 2.13. The van der Waals surface area contributed by atoms with E-state index in [9.17, 15) is 14.7 Å². The first-order chi connectivity index (χ1) is 14.6. The maximum atomic E-state index is 12.6. The molecule has 6 heteroatoms. The smallest absolute Gasteiger partial charge is 0.242 e. The molecule has 2 heterocycles. The minimum Gasteiger partial charge on any atom is -0.394 e. The van der Waals surface area contributed by atoms with Gasteiger partial charge in [0.15, 0.2) is 0 Å². The number of hydrogen-bond donors (Lipinski definition) is 1. The van der Waals surface area contributed by atoms with Crippen LogP contribution in [0.2, 0.25) is 0 Å². The summed E-state index contributed by atoms with van der Waals surface area (Å²) in [5, 5.41) is 18.9. The second-order valence-electron chi connectivity index (χ2n) is 8.45. The van der Waals surface area contributed by atoms with E-state index in [1.54, 1.807) is 21.9 Å². The van der Waals surface area contributed by atoms with E-state index in [0.29, 0.717) is 12.1 Å². The fourth-order valence-corrected chi connectivity index (χ4v) is 4.89. The lowest BCUT2D eigenvalue weighted by molar-refractivity contribution is -0.167. The summed E-state index contributed by atoms with van der Waals surface area (Å²) in [6, 6.07) is 17.4. The monoisotopic (exact) mass is 401 g/mol. The number of amides is 2. The van der Waals surface area contributed by atoms with E-state index in [1.165, 1.54) is 0 Å². The molecule has 1 N–H and O–H groups in total. The van der Waals surface area contributed by atoms with Crippen LogP contribution < -0.4 is 0 Å². The van der Waals surface area contributed by atoms with Gasteiger partial charge in [0.25, 0.3) is 0 Å². The minimum atomic E-state index is -0.235. The highest BCUT2D eigenvalue weighted by molar-refractivity contribution is 5.89. The lowest BCUT2D eigenvalue weighted by Gasteiger charge is -2.58. The van der Waals surface area contributed by atoms with Crippen LogP contribution in [-0.4, -0.2) is 58.5 Å². The summed E-state index contributed by atoms with van der Waals surface area (Å²) in [5.41, 5.74) is 3.78. The minimum absolute atomic E-state index is 0.0174. The van der Waals surface area contributed by atoms with Gasteiger partial charge in [0, 0.05) is 18.4 Å². The number of fused-ring (bicyclic) bond motifs is 1. The molecule has 3 fully saturated rings. The topological polar surface area (TPSA) is 84.6 Å². The van der Waals surface area contributed by atoms with Gasteiger partial charge in [0.05, 0.1) is 36.9 Å². The number of aliphatic hydroxyl groups excluding tert-OH is 1. The van der Waals surface area contributed by atoms with Crippen LogP contribution in [0.5, 0.6) is 0 Å². The summed E-state index contributed by atoms with van der Waals surface area (Å²) in [4.78, 5) is 28.6. The van der Waals surface area contributed by atoms with E-state index in [0.717, 1.165) is 29.5 Å². The zero-order chi connectivity index (χ0) is 20.8. The molecule has 3 atom stereocenters. The molecular weight excluding hydrogens is 378 g/mol. The first-order valence-corrected chi connectivity index (χ1v) is 10.4. The largest absolute Gasteiger partial charge is 0.394 e. The summed E-state index contributed by atoms with van der Waals surface area (Å²) < 4.78 is 0. The Morgan fingerprint density at radius 2 is 1.70 bits per heavy atom. The molecule has 6 nitrogen and oxygen atoms in total. The maximum Gasteiger partial charge on any atom is 0.242 e. The van der Waals surface area contributed by atoms with E-state index in [2.05, 4.69) is 6.07 Å². The Balaban J connectivity index is 1.37. The highest BCUT2D eigenvalue weighted by Crippen LogP contribution is 2.44. The fourth-order valence-electron chi connectivity index (χ4n) is 4.89. The molecule has 5 rings (SSSR count). The van der Waals surface area contributed by atoms with Gasteiger partial charge in [0.2, 0.25) is 11.8 Å². The number of piperazine rings is 1. The number of nitriles is 1. The highest BCUT2D eigenvalue weighted by atomic mass is 16.3. The Morgan fingerprint density at radius 3 is 2.27 bits per heavy atom. The van der Waals surface area contributed by atoms with Gasteiger partial charge in [-0.2, -0.15) is 5.26 Å². The van der Waals surface area contributed by atoms with Crippen LogP contribution in [0.4, 0.5) is 0 Å². The third-order valence-corrected chi connectivity index (χ3v) is 6.63. The molecule has 0 radical (unpaired) electrons. The Labute approximate surface area is 175 Å². The molecule has 2 aromatic rings. The first-order valence-electron chi connectivity index (χ1n) is 10.4. The van der Waals surface area contributed by atoms with Gasteiger partial charge in [-0.3, -0.25) is 9.59 Å². The molecule has 2 amide bonds. The van der Waals surface area contributed by atoms with Gasteiger partial charge in [-0.15, -0.1) is 0 Å². The van der Waals surface area contributed by atoms with Crippen molar-refractivity contribution >= 4 is 11.8 Å². The van der Waals surface area contributed by atoms with Crippen molar-refractivity contribution in [2.45, 2.75) is 30.8 Å². The zero-order valence-electron chi connectivity index (χ0n) is 16.6. The lowest BCUT2D eigenvalue weighted by atomic mass is 9.73. The molecular formula is C24H23N3O3. The van der Waals surface area contributed by atoms with Gasteiger partial charge in [0.1, 0.15) is 0 Å². The summed E-state index contributed by atoms with van der Waals surface area (Å²) in [7, 11) is 0. The van der Waals surface area contributed by atoms with Crippen molar-refractivity contribution in [3.8, 4) is 17.2 Å². The van der Waals surface area contributed by atoms with Gasteiger partial charge in [-0.25, -0.2) is 0 Å². The number of carbonyl (C=O) groups is 2. The molecule has 0 aromatic heterocycles. The number of aliphatic hydroxyl groups is 1. The number of carbonyl (C=O) groups excluding carboxylic acids is 2. The van der Waals surface area contributed by atoms with Crippen LogP contribution in [0.3, 0.4) is 0 Å². The lowest BCUT2D eigenvalue weighted by Crippen LogP contribution is -2.73. The molecule has 2 saturated heterocycles. The molecule has 1 saturated carbocycles. The van der Waals surface area contributed by atoms with Crippen LogP contribution in [0, 0.1) is 17.2 Å². The Hall–Kier alpha value is -3.17. The third kappa shape index (κ3) is 3.06. The quantitative estimate of drug-likeness (QED) is 0.851. The van der Waals surface area contributed by atoms with E-state index >= 15 is 0 Å². The number of hydrogen-bond acceptors (Lipinski definition) is 4. The molecule has 0 spiro atoms. The van der Waals surface area contributed by atoms with E-state index in [-0.39, 0.29) is 48.9 Å². The molecule has 2 aliphatic heterocycles. The Bertz CT molecular complexity index is 1020. The number of benzene rings is 2. The van der Waals surface area contributed by atoms with Gasteiger partial charge >= 0.3 is 0 Å². The maximum absolute atomic E-state index is 12.6. The summed E-state index contributed by atoms with van der Waals surface area (Å²) in [6.07, 6.45) is 1.86. The number of nitrogens with zero attached hydrogens (tertiary/aromatic N) is 3. The van der Waals surface area contributed by atoms with Crippen molar-refractivity contribution in [3.05, 3.63) is 59.7 Å². The van der Waals surface area contributed by atoms with Gasteiger partial charge < -0.3 is 14.9 Å². The third-order valence-electron chi connectivity index (χ3n) is 6.63. The number of rotatable bonds is 4. The Morgan fingerprint density at radius 1 is 1.07 bits per heavy atom. The van der Waals surface area contributed by atoms with Crippen LogP contribution in [0.25, 0.3) is 11.1 Å². The molecule has 152 valence electrons. The summed E-state index contributed by atoms with van der Waals surface area (Å²) >= 11 is 0. The van der Waals surface area contributed by atoms with E-state index in [4.69, 9.17) is 5.26 Å². The summed E-state index contributed by atoms with van der Waals surface area (Å²) in [5.74, 6) is 0.155. The van der Waals surface area contributed by atoms with Crippen LogP contribution in [-0.2, 0) is 9.59 Å². The van der Waals surface area contributed by atoms with E-state index < -0.39 is 0 Å². The average Bonchev–Trinajstić information content (AvgIpc) is 3.60. The average molecular weight is 401 g/mol. The van der Waals surface area contributed by atoms with Crippen LogP contribution in [0.1, 0.15) is 29.9 Å². The fraction of sp³-hybridized carbons (Fsp3) is 0.375. The van der Waals surface area contributed by atoms with Crippen molar-refractivity contribution < 1.29 is 14.7 Å². The Kier molecular flexibility index (Phi) is 4.56. The second kappa shape index (κ2) is 7.26. The molecule has 0 unspecified atom stereocenters. The second-order valence-corrected chi connectivity index (χ2v) is 8.45. The van der Waals surface area contributed by atoms with Crippen molar-refractivity contribution in [1.29, 1.82) is 5.26 Å². The normalized spacial score (nSPS) is 25.3. The van der Waals surface area contributed by atoms with Crippen LogP contribution in [0.15, 0.2) is 48.5 Å². The van der Waals surface area contributed by atoms with Gasteiger partial charge in [-0.1, -0.05) is 36.4 Å². The predicted molar refractivity (Wildman–Crippen MR) is 110 cm³/mol.